The van der Waals surface area contributed by atoms with Crippen LogP contribution in [0.3, 0.4) is 0 Å². The molecule has 2 aromatic carbocycles. The van der Waals surface area contributed by atoms with Crippen molar-refractivity contribution in [1.29, 1.82) is 0 Å². The van der Waals surface area contributed by atoms with Gasteiger partial charge in [0.1, 0.15) is 6.04 Å². The predicted molar refractivity (Wildman–Crippen MR) is 84.1 cm³/mol. The molecule has 0 unspecified atom stereocenters. The zero-order valence-electron chi connectivity index (χ0n) is 12.5. The monoisotopic (exact) mass is 309 g/mol. The zero-order valence-corrected chi connectivity index (χ0v) is 12.5. The number of rotatable bonds is 4. The number of amides is 2. The van der Waals surface area contributed by atoms with Crippen molar-refractivity contribution in [3.63, 3.8) is 0 Å². The minimum absolute atomic E-state index is 0.173. The van der Waals surface area contributed by atoms with Crippen LogP contribution in [0, 0.1) is 0 Å². The maximum Gasteiger partial charge on any atom is 0.326 e. The van der Waals surface area contributed by atoms with Gasteiger partial charge >= 0.3 is 5.97 Å². The van der Waals surface area contributed by atoms with E-state index in [0.717, 1.165) is 16.0 Å². The van der Waals surface area contributed by atoms with Crippen LogP contribution in [0.15, 0.2) is 48.5 Å². The molecule has 0 aliphatic carbocycles. The minimum atomic E-state index is -1.18. The summed E-state index contributed by atoms with van der Waals surface area (Å²) in [7, 11) is 0. The van der Waals surface area contributed by atoms with E-state index in [2.05, 4.69) is 0 Å². The average molecular weight is 309 g/mol. The summed E-state index contributed by atoms with van der Waals surface area (Å²) in [6, 6.07) is 13.4. The molecule has 1 aliphatic heterocycles. The van der Waals surface area contributed by atoms with E-state index in [1.54, 1.807) is 25.1 Å². The second kappa shape index (κ2) is 5.68. The molecule has 0 bridgehead atoms. The lowest BCUT2D eigenvalue weighted by Gasteiger charge is -2.20. The van der Waals surface area contributed by atoms with Crippen LogP contribution in [0.4, 0.5) is 0 Å². The van der Waals surface area contributed by atoms with Crippen molar-refractivity contribution in [2.75, 3.05) is 0 Å². The Hall–Kier alpha value is -2.95. The summed E-state index contributed by atoms with van der Waals surface area (Å²) in [5, 5.41) is 9.23. The molecule has 5 heteroatoms. The highest BCUT2D eigenvalue weighted by molar-refractivity contribution is 6.23. The van der Waals surface area contributed by atoms with Crippen molar-refractivity contribution in [1.82, 2.24) is 4.90 Å². The molecule has 1 aliphatic rings. The van der Waals surface area contributed by atoms with Crippen molar-refractivity contribution in [2.24, 2.45) is 0 Å². The van der Waals surface area contributed by atoms with Gasteiger partial charge in [0.2, 0.25) is 0 Å². The van der Waals surface area contributed by atoms with E-state index in [4.69, 9.17) is 0 Å². The largest absolute Gasteiger partial charge is 0.480 e. The van der Waals surface area contributed by atoms with E-state index in [1.807, 2.05) is 30.3 Å². The molecule has 3 rings (SSSR count). The fourth-order valence-corrected chi connectivity index (χ4v) is 2.82. The SMILES string of the molecule is CC[C@@H](C(=O)O)N1C(=O)c2ccc(-c3ccccc3)cc2C1=O. The number of carboxylic acids is 1. The van der Waals surface area contributed by atoms with Crippen LogP contribution in [-0.2, 0) is 4.79 Å². The number of nitrogens with zero attached hydrogens (tertiary/aromatic N) is 1. The third-order valence-corrected chi connectivity index (χ3v) is 4.01. The second-order valence-electron chi connectivity index (χ2n) is 5.37. The summed E-state index contributed by atoms with van der Waals surface area (Å²) < 4.78 is 0. The van der Waals surface area contributed by atoms with E-state index in [9.17, 15) is 19.5 Å². The number of benzene rings is 2. The molecule has 0 fully saturated rings. The molecule has 0 radical (unpaired) electrons. The Morgan fingerprint density at radius 1 is 1.00 bits per heavy atom. The van der Waals surface area contributed by atoms with Gasteiger partial charge in [-0.1, -0.05) is 43.3 Å². The first-order valence-corrected chi connectivity index (χ1v) is 7.34. The molecule has 2 amide bonds. The predicted octanol–water partition coefficient (Wildman–Crippen LogP) is 2.81. The summed E-state index contributed by atoms with van der Waals surface area (Å²) in [4.78, 5) is 37.1. The number of carboxylic acid groups (broad SMARTS) is 1. The molecule has 116 valence electrons. The highest BCUT2D eigenvalue weighted by Crippen LogP contribution is 2.30. The molecular formula is C18H15NO4. The number of carbonyl (C=O) groups excluding carboxylic acids is 2. The Kier molecular flexibility index (Phi) is 3.70. The van der Waals surface area contributed by atoms with E-state index in [1.165, 1.54) is 0 Å². The van der Waals surface area contributed by atoms with Crippen molar-refractivity contribution in [3.05, 3.63) is 59.7 Å². The zero-order chi connectivity index (χ0) is 16.6. The number of aliphatic carboxylic acids is 1. The molecule has 1 N–H and O–H groups in total. The van der Waals surface area contributed by atoms with Gasteiger partial charge in [-0.2, -0.15) is 0 Å². The number of imide groups is 1. The van der Waals surface area contributed by atoms with Gasteiger partial charge in [0.25, 0.3) is 11.8 Å². The van der Waals surface area contributed by atoms with Crippen molar-refractivity contribution in [3.8, 4) is 11.1 Å². The lowest BCUT2D eigenvalue weighted by atomic mass is 10.0. The van der Waals surface area contributed by atoms with Gasteiger partial charge in [0.15, 0.2) is 0 Å². The van der Waals surface area contributed by atoms with Gasteiger partial charge in [-0.25, -0.2) is 4.79 Å². The molecule has 0 saturated carbocycles. The molecule has 1 heterocycles. The maximum atomic E-state index is 12.5. The van der Waals surface area contributed by atoms with Gasteiger partial charge in [0, 0.05) is 0 Å². The Bertz CT molecular complexity index is 798. The van der Waals surface area contributed by atoms with E-state index in [-0.39, 0.29) is 17.5 Å². The summed E-state index contributed by atoms with van der Waals surface area (Å²) in [5.74, 6) is -2.26. The molecule has 0 saturated heterocycles. The van der Waals surface area contributed by atoms with Gasteiger partial charge in [0.05, 0.1) is 11.1 Å². The smallest absolute Gasteiger partial charge is 0.326 e. The summed E-state index contributed by atoms with van der Waals surface area (Å²) in [6.45, 7) is 1.64. The summed E-state index contributed by atoms with van der Waals surface area (Å²) in [6.07, 6.45) is 0.173. The van der Waals surface area contributed by atoms with Crippen LogP contribution in [0.25, 0.3) is 11.1 Å². The molecule has 5 nitrogen and oxygen atoms in total. The molecule has 0 aromatic heterocycles. The maximum absolute atomic E-state index is 12.5. The number of carbonyl (C=O) groups is 3. The second-order valence-corrected chi connectivity index (χ2v) is 5.37. The van der Waals surface area contributed by atoms with E-state index in [0.29, 0.717) is 0 Å². The Morgan fingerprint density at radius 3 is 2.26 bits per heavy atom. The summed E-state index contributed by atoms with van der Waals surface area (Å²) >= 11 is 0. The lowest BCUT2D eigenvalue weighted by Crippen LogP contribution is -2.44. The number of hydrogen-bond donors (Lipinski definition) is 1. The molecule has 23 heavy (non-hydrogen) atoms. The minimum Gasteiger partial charge on any atom is -0.480 e. The summed E-state index contributed by atoms with van der Waals surface area (Å²) in [5.41, 5.74) is 2.26. The van der Waals surface area contributed by atoms with Crippen LogP contribution in [0.5, 0.6) is 0 Å². The molecule has 0 spiro atoms. The van der Waals surface area contributed by atoms with Crippen LogP contribution in [-0.4, -0.2) is 33.8 Å². The Balaban J connectivity index is 2.04. The third kappa shape index (κ3) is 2.40. The van der Waals surface area contributed by atoms with E-state index < -0.39 is 23.8 Å². The number of hydrogen-bond acceptors (Lipinski definition) is 3. The van der Waals surface area contributed by atoms with Gasteiger partial charge in [-0.3, -0.25) is 14.5 Å². The first-order chi connectivity index (χ1) is 11.0. The fraction of sp³-hybridized carbons (Fsp3) is 0.167. The highest BCUT2D eigenvalue weighted by Gasteiger charge is 2.42. The fourth-order valence-electron chi connectivity index (χ4n) is 2.82. The third-order valence-electron chi connectivity index (χ3n) is 4.01. The van der Waals surface area contributed by atoms with Crippen LogP contribution in [0.2, 0.25) is 0 Å². The molecular weight excluding hydrogens is 294 g/mol. The van der Waals surface area contributed by atoms with Crippen molar-refractivity contribution >= 4 is 17.8 Å². The first-order valence-electron chi connectivity index (χ1n) is 7.34. The van der Waals surface area contributed by atoms with Crippen LogP contribution < -0.4 is 0 Å². The Labute approximate surface area is 133 Å². The molecule has 1 atom stereocenters. The van der Waals surface area contributed by atoms with Gasteiger partial charge in [-0.05, 0) is 29.7 Å². The Morgan fingerprint density at radius 2 is 1.65 bits per heavy atom. The topological polar surface area (TPSA) is 74.7 Å². The normalized spacial score (nSPS) is 14.7. The number of fused-ring (bicyclic) bond motifs is 1. The standard InChI is InChI=1S/C18H15NO4/c1-2-15(18(22)23)19-16(20)13-9-8-12(10-14(13)17(19)21)11-6-4-3-5-7-11/h3-10,15H,2H2,1H3,(H,22,23)/t15-/m0/s1. The quantitative estimate of drug-likeness (QED) is 0.881. The molecule has 2 aromatic rings. The highest BCUT2D eigenvalue weighted by atomic mass is 16.4. The van der Waals surface area contributed by atoms with Crippen LogP contribution >= 0.6 is 0 Å². The van der Waals surface area contributed by atoms with Crippen molar-refractivity contribution < 1.29 is 19.5 Å². The van der Waals surface area contributed by atoms with E-state index >= 15 is 0 Å². The lowest BCUT2D eigenvalue weighted by molar-refractivity contribution is -0.141. The van der Waals surface area contributed by atoms with Crippen LogP contribution in [0.1, 0.15) is 34.1 Å². The van der Waals surface area contributed by atoms with Crippen molar-refractivity contribution in [2.45, 2.75) is 19.4 Å². The van der Waals surface area contributed by atoms with Gasteiger partial charge < -0.3 is 5.11 Å². The first kappa shape index (κ1) is 15.0. The average Bonchev–Trinajstić information content (AvgIpc) is 2.81. The van der Waals surface area contributed by atoms with Gasteiger partial charge in [-0.15, -0.1) is 0 Å².